The summed E-state index contributed by atoms with van der Waals surface area (Å²) in [5.74, 6) is 1.47. The SMILES string of the molecule is O=C(Nc1ccc2c(c1)OCO2)c1cnc(NCc2ccc(Cl)cc2)cn1. The molecular weight excluding hydrogens is 368 g/mol. The summed E-state index contributed by atoms with van der Waals surface area (Å²) < 4.78 is 10.5. The zero-order valence-corrected chi connectivity index (χ0v) is 14.9. The molecule has 1 aliphatic rings. The van der Waals surface area contributed by atoms with E-state index in [1.807, 2.05) is 24.3 Å². The average Bonchev–Trinajstić information content (AvgIpc) is 3.16. The second-order valence-corrected chi connectivity index (χ2v) is 6.23. The molecule has 2 aromatic carbocycles. The van der Waals surface area contributed by atoms with Crippen LogP contribution in [0.3, 0.4) is 0 Å². The molecule has 2 N–H and O–H groups in total. The number of anilines is 2. The Kier molecular flexibility index (Phi) is 4.76. The Labute approximate surface area is 160 Å². The van der Waals surface area contributed by atoms with Crippen molar-refractivity contribution in [2.75, 3.05) is 17.4 Å². The van der Waals surface area contributed by atoms with Crippen molar-refractivity contribution in [1.82, 2.24) is 9.97 Å². The van der Waals surface area contributed by atoms with Gasteiger partial charge in [0, 0.05) is 23.3 Å². The van der Waals surface area contributed by atoms with Gasteiger partial charge in [0.25, 0.3) is 5.91 Å². The van der Waals surface area contributed by atoms with Crippen molar-refractivity contribution in [2.45, 2.75) is 6.54 Å². The first-order valence-corrected chi connectivity index (χ1v) is 8.56. The fourth-order valence-corrected chi connectivity index (χ4v) is 2.63. The van der Waals surface area contributed by atoms with Gasteiger partial charge in [0.15, 0.2) is 11.5 Å². The summed E-state index contributed by atoms with van der Waals surface area (Å²) in [5.41, 5.74) is 1.87. The number of nitrogens with zero attached hydrogens (tertiary/aromatic N) is 2. The highest BCUT2D eigenvalue weighted by molar-refractivity contribution is 6.30. The van der Waals surface area contributed by atoms with Crippen LogP contribution in [0.25, 0.3) is 0 Å². The maximum Gasteiger partial charge on any atom is 0.275 e. The topological polar surface area (TPSA) is 85.4 Å². The Balaban J connectivity index is 1.36. The summed E-state index contributed by atoms with van der Waals surface area (Å²) in [7, 11) is 0. The standard InChI is InChI=1S/C19H15ClN4O3/c20-13-3-1-12(2-4-13)8-22-18-10-21-15(9-23-18)19(25)24-14-5-6-16-17(7-14)27-11-26-16/h1-7,9-10H,8,11H2,(H,22,23)(H,24,25). The van der Waals surface area contributed by atoms with E-state index in [4.69, 9.17) is 21.1 Å². The van der Waals surface area contributed by atoms with Crippen LogP contribution in [0.5, 0.6) is 11.5 Å². The Morgan fingerprint density at radius 1 is 1.04 bits per heavy atom. The fourth-order valence-electron chi connectivity index (χ4n) is 2.50. The lowest BCUT2D eigenvalue weighted by molar-refractivity contribution is 0.102. The Morgan fingerprint density at radius 2 is 1.85 bits per heavy atom. The first-order valence-electron chi connectivity index (χ1n) is 8.19. The highest BCUT2D eigenvalue weighted by Crippen LogP contribution is 2.34. The molecule has 3 aromatic rings. The molecule has 0 fully saturated rings. The fraction of sp³-hybridized carbons (Fsp3) is 0.105. The van der Waals surface area contributed by atoms with Crippen molar-refractivity contribution in [3.05, 3.63) is 71.1 Å². The molecule has 1 aromatic heterocycles. The summed E-state index contributed by atoms with van der Waals surface area (Å²) in [5, 5.41) is 6.60. The third-order valence-electron chi connectivity index (χ3n) is 3.90. The van der Waals surface area contributed by atoms with E-state index in [1.165, 1.54) is 12.4 Å². The Morgan fingerprint density at radius 3 is 2.63 bits per heavy atom. The number of benzene rings is 2. The van der Waals surface area contributed by atoms with Crippen LogP contribution in [-0.2, 0) is 6.54 Å². The van der Waals surface area contributed by atoms with Crippen molar-refractivity contribution in [3.63, 3.8) is 0 Å². The van der Waals surface area contributed by atoms with Gasteiger partial charge in [0.05, 0.1) is 12.4 Å². The number of hydrogen-bond acceptors (Lipinski definition) is 6. The molecular formula is C19H15ClN4O3. The second kappa shape index (κ2) is 7.51. The minimum Gasteiger partial charge on any atom is -0.454 e. The van der Waals surface area contributed by atoms with E-state index < -0.39 is 0 Å². The van der Waals surface area contributed by atoms with Crippen molar-refractivity contribution in [3.8, 4) is 11.5 Å². The monoisotopic (exact) mass is 382 g/mol. The Hall–Kier alpha value is -3.32. The number of carbonyl (C=O) groups excluding carboxylic acids is 1. The predicted molar refractivity (Wildman–Crippen MR) is 101 cm³/mol. The summed E-state index contributed by atoms with van der Waals surface area (Å²) >= 11 is 5.87. The summed E-state index contributed by atoms with van der Waals surface area (Å²) in [6, 6.07) is 12.7. The van der Waals surface area contributed by atoms with Gasteiger partial charge in [-0.05, 0) is 29.8 Å². The van der Waals surface area contributed by atoms with Gasteiger partial charge < -0.3 is 20.1 Å². The molecule has 4 rings (SSSR count). The van der Waals surface area contributed by atoms with Gasteiger partial charge in [-0.1, -0.05) is 23.7 Å². The first-order chi connectivity index (χ1) is 13.2. The average molecular weight is 383 g/mol. The zero-order chi connectivity index (χ0) is 18.6. The van der Waals surface area contributed by atoms with Crippen molar-refractivity contribution >= 4 is 29.0 Å². The van der Waals surface area contributed by atoms with Gasteiger partial charge in [-0.15, -0.1) is 0 Å². The molecule has 0 bridgehead atoms. The van der Waals surface area contributed by atoms with Crippen LogP contribution in [-0.4, -0.2) is 22.7 Å². The molecule has 0 saturated carbocycles. The molecule has 1 amide bonds. The number of amides is 1. The van der Waals surface area contributed by atoms with Gasteiger partial charge in [0.2, 0.25) is 6.79 Å². The van der Waals surface area contributed by atoms with Crippen LogP contribution < -0.4 is 20.1 Å². The molecule has 27 heavy (non-hydrogen) atoms. The van der Waals surface area contributed by atoms with Crippen LogP contribution in [0.4, 0.5) is 11.5 Å². The van der Waals surface area contributed by atoms with E-state index in [-0.39, 0.29) is 18.4 Å². The zero-order valence-electron chi connectivity index (χ0n) is 14.1. The van der Waals surface area contributed by atoms with E-state index >= 15 is 0 Å². The molecule has 2 heterocycles. The molecule has 1 aliphatic heterocycles. The summed E-state index contributed by atoms with van der Waals surface area (Å²) in [6.45, 7) is 0.761. The molecule has 0 unspecified atom stereocenters. The van der Waals surface area contributed by atoms with Crippen LogP contribution >= 0.6 is 11.6 Å². The van der Waals surface area contributed by atoms with Crippen molar-refractivity contribution in [1.29, 1.82) is 0 Å². The molecule has 8 heteroatoms. The lowest BCUT2D eigenvalue weighted by Crippen LogP contribution is -2.14. The highest BCUT2D eigenvalue weighted by atomic mass is 35.5. The minimum atomic E-state index is -0.356. The number of fused-ring (bicyclic) bond motifs is 1. The third-order valence-corrected chi connectivity index (χ3v) is 4.15. The molecule has 0 saturated heterocycles. The largest absolute Gasteiger partial charge is 0.454 e. The number of nitrogens with one attached hydrogen (secondary N) is 2. The maximum atomic E-state index is 12.3. The summed E-state index contributed by atoms with van der Waals surface area (Å²) in [6.07, 6.45) is 2.94. The molecule has 0 radical (unpaired) electrons. The lowest BCUT2D eigenvalue weighted by atomic mass is 10.2. The van der Waals surface area contributed by atoms with E-state index in [9.17, 15) is 4.79 Å². The van der Waals surface area contributed by atoms with E-state index in [1.54, 1.807) is 18.2 Å². The number of hydrogen-bond donors (Lipinski definition) is 2. The smallest absolute Gasteiger partial charge is 0.275 e. The molecule has 0 atom stereocenters. The number of ether oxygens (including phenoxy) is 2. The molecule has 0 aliphatic carbocycles. The highest BCUT2D eigenvalue weighted by Gasteiger charge is 2.15. The second-order valence-electron chi connectivity index (χ2n) is 5.79. The number of halogens is 1. The number of carbonyl (C=O) groups is 1. The number of rotatable bonds is 5. The molecule has 136 valence electrons. The molecule has 7 nitrogen and oxygen atoms in total. The van der Waals surface area contributed by atoms with Gasteiger partial charge >= 0.3 is 0 Å². The van der Waals surface area contributed by atoms with Crippen molar-refractivity contribution < 1.29 is 14.3 Å². The maximum absolute atomic E-state index is 12.3. The first kappa shape index (κ1) is 17.1. The number of aromatic nitrogens is 2. The lowest BCUT2D eigenvalue weighted by Gasteiger charge is -2.07. The van der Waals surface area contributed by atoms with Gasteiger partial charge in [-0.25, -0.2) is 9.97 Å². The normalized spacial score (nSPS) is 11.9. The van der Waals surface area contributed by atoms with Crippen LogP contribution in [0, 0.1) is 0 Å². The van der Waals surface area contributed by atoms with Crippen molar-refractivity contribution in [2.24, 2.45) is 0 Å². The Bertz CT molecular complexity index is 962. The minimum absolute atomic E-state index is 0.183. The van der Waals surface area contributed by atoms with E-state index in [2.05, 4.69) is 20.6 Å². The van der Waals surface area contributed by atoms with E-state index in [0.29, 0.717) is 34.6 Å². The van der Waals surface area contributed by atoms with Crippen LogP contribution in [0.15, 0.2) is 54.9 Å². The summed E-state index contributed by atoms with van der Waals surface area (Å²) in [4.78, 5) is 20.7. The van der Waals surface area contributed by atoms with Gasteiger partial charge in [-0.3, -0.25) is 4.79 Å². The quantitative estimate of drug-likeness (QED) is 0.699. The van der Waals surface area contributed by atoms with E-state index in [0.717, 1.165) is 5.56 Å². The predicted octanol–water partition coefficient (Wildman–Crippen LogP) is 3.72. The van der Waals surface area contributed by atoms with Crippen LogP contribution in [0.1, 0.15) is 16.1 Å². The van der Waals surface area contributed by atoms with Gasteiger partial charge in [-0.2, -0.15) is 0 Å². The molecule has 0 spiro atoms. The van der Waals surface area contributed by atoms with Crippen LogP contribution in [0.2, 0.25) is 5.02 Å². The third kappa shape index (κ3) is 4.09. The van der Waals surface area contributed by atoms with Gasteiger partial charge in [0.1, 0.15) is 11.5 Å².